The lowest BCUT2D eigenvalue weighted by Gasteiger charge is -2.16. The quantitative estimate of drug-likeness (QED) is 0.727. The second-order valence-corrected chi connectivity index (χ2v) is 5.98. The van der Waals surface area contributed by atoms with Crippen LogP contribution >= 0.6 is 0 Å². The van der Waals surface area contributed by atoms with E-state index in [1.165, 1.54) is 0 Å². The predicted octanol–water partition coefficient (Wildman–Crippen LogP) is 1.73. The van der Waals surface area contributed by atoms with Gasteiger partial charge in [0.25, 0.3) is 0 Å². The maximum atomic E-state index is 11.9. The molecular weight excluding hydrogens is 294 g/mol. The summed E-state index contributed by atoms with van der Waals surface area (Å²) in [7, 11) is 3.34. The number of benzene rings is 1. The van der Waals surface area contributed by atoms with Crippen molar-refractivity contribution in [3.05, 3.63) is 24.3 Å². The van der Waals surface area contributed by atoms with Crippen LogP contribution in [0.5, 0.6) is 5.75 Å². The number of carbonyl (C=O) groups excluding carboxylic acids is 2. The third-order valence-corrected chi connectivity index (χ3v) is 3.24. The van der Waals surface area contributed by atoms with E-state index in [-0.39, 0.29) is 24.9 Å². The number of methoxy groups -OCH3 is 1. The van der Waals surface area contributed by atoms with Crippen LogP contribution in [0.4, 0.5) is 5.69 Å². The molecule has 2 amide bonds. The summed E-state index contributed by atoms with van der Waals surface area (Å²) in [5.74, 6) is 1.07. The lowest BCUT2D eigenvalue weighted by atomic mass is 10.1. The van der Waals surface area contributed by atoms with Crippen LogP contribution in [-0.4, -0.2) is 50.5 Å². The molecule has 0 atom stereocenters. The minimum Gasteiger partial charge on any atom is -0.497 e. The first-order chi connectivity index (χ1) is 10.9. The van der Waals surface area contributed by atoms with Crippen molar-refractivity contribution in [1.82, 2.24) is 10.2 Å². The number of likely N-dealkylation sites (N-methyl/N-ethyl adjacent to an activating group) is 1. The van der Waals surface area contributed by atoms with Crippen LogP contribution in [0.3, 0.4) is 0 Å². The van der Waals surface area contributed by atoms with E-state index in [0.717, 1.165) is 12.2 Å². The first-order valence-electron chi connectivity index (χ1n) is 7.80. The maximum absolute atomic E-state index is 11.9. The van der Waals surface area contributed by atoms with Gasteiger partial charge in [-0.2, -0.15) is 0 Å². The van der Waals surface area contributed by atoms with Crippen LogP contribution in [0.25, 0.3) is 0 Å². The van der Waals surface area contributed by atoms with Gasteiger partial charge < -0.3 is 15.4 Å². The summed E-state index contributed by atoms with van der Waals surface area (Å²) in [4.78, 5) is 25.4. The number of carbonyl (C=O) groups is 2. The van der Waals surface area contributed by atoms with Crippen molar-refractivity contribution in [2.75, 3.05) is 39.1 Å². The minimum absolute atomic E-state index is 0.0644. The number of nitrogens with one attached hydrogen (secondary N) is 2. The molecule has 6 heteroatoms. The first-order valence-corrected chi connectivity index (χ1v) is 7.80. The number of hydrogen-bond donors (Lipinski definition) is 2. The van der Waals surface area contributed by atoms with Gasteiger partial charge in [-0.05, 0) is 43.7 Å². The standard InChI is InChI=1S/C17H27N3O3/c1-13(2)9-10-18-16(21)11-20(3)12-17(22)19-14-5-7-15(23-4)8-6-14/h5-8,13H,9-12H2,1-4H3,(H,18,21)(H,19,22). The molecule has 0 aliphatic carbocycles. The summed E-state index contributed by atoms with van der Waals surface area (Å²) in [6, 6.07) is 7.10. The molecule has 0 radical (unpaired) electrons. The van der Waals surface area contributed by atoms with E-state index >= 15 is 0 Å². The molecule has 0 saturated heterocycles. The Morgan fingerprint density at radius 1 is 1.13 bits per heavy atom. The smallest absolute Gasteiger partial charge is 0.238 e. The van der Waals surface area contributed by atoms with Crippen LogP contribution < -0.4 is 15.4 Å². The topological polar surface area (TPSA) is 70.7 Å². The summed E-state index contributed by atoms with van der Waals surface area (Å²) in [6.07, 6.45) is 0.952. The van der Waals surface area contributed by atoms with Crippen LogP contribution in [-0.2, 0) is 9.59 Å². The van der Waals surface area contributed by atoms with Crippen LogP contribution in [0.2, 0.25) is 0 Å². The van der Waals surface area contributed by atoms with Crippen LogP contribution in [0, 0.1) is 5.92 Å². The lowest BCUT2D eigenvalue weighted by molar-refractivity contribution is -0.122. The van der Waals surface area contributed by atoms with E-state index in [4.69, 9.17) is 4.74 Å². The normalized spacial score (nSPS) is 10.7. The second-order valence-electron chi connectivity index (χ2n) is 5.98. The van der Waals surface area contributed by atoms with E-state index in [0.29, 0.717) is 18.2 Å². The molecular formula is C17H27N3O3. The number of ether oxygens (including phenoxy) is 1. The predicted molar refractivity (Wildman–Crippen MR) is 91.6 cm³/mol. The Labute approximate surface area is 138 Å². The molecule has 0 spiro atoms. The average molecular weight is 321 g/mol. The van der Waals surface area contributed by atoms with Crippen LogP contribution in [0.15, 0.2) is 24.3 Å². The van der Waals surface area contributed by atoms with E-state index in [1.54, 1.807) is 43.3 Å². The van der Waals surface area contributed by atoms with Gasteiger partial charge >= 0.3 is 0 Å². The molecule has 6 nitrogen and oxygen atoms in total. The minimum atomic E-state index is -0.160. The Morgan fingerprint density at radius 2 is 1.74 bits per heavy atom. The van der Waals surface area contributed by atoms with Gasteiger partial charge in [0.2, 0.25) is 11.8 Å². The third kappa shape index (κ3) is 8.21. The average Bonchev–Trinajstić information content (AvgIpc) is 2.47. The third-order valence-electron chi connectivity index (χ3n) is 3.24. The molecule has 0 saturated carbocycles. The van der Waals surface area contributed by atoms with Gasteiger partial charge in [-0.3, -0.25) is 14.5 Å². The highest BCUT2D eigenvalue weighted by molar-refractivity contribution is 5.92. The Kier molecular flexibility index (Phi) is 8.11. The summed E-state index contributed by atoms with van der Waals surface area (Å²) in [5, 5.41) is 5.64. The molecule has 1 aromatic carbocycles. The molecule has 0 fully saturated rings. The summed E-state index contributed by atoms with van der Waals surface area (Å²) >= 11 is 0. The Bertz CT molecular complexity index is 500. The number of anilines is 1. The number of amides is 2. The summed E-state index contributed by atoms with van der Waals surface area (Å²) in [6.45, 7) is 5.25. The zero-order valence-corrected chi connectivity index (χ0v) is 14.4. The van der Waals surface area contributed by atoms with E-state index in [2.05, 4.69) is 24.5 Å². The highest BCUT2D eigenvalue weighted by Crippen LogP contribution is 2.14. The van der Waals surface area contributed by atoms with Crippen molar-refractivity contribution < 1.29 is 14.3 Å². The van der Waals surface area contributed by atoms with Crippen molar-refractivity contribution in [3.8, 4) is 5.75 Å². The van der Waals surface area contributed by atoms with E-state index in [1.807, 2.05) is 0 Å². The zero-order valence-electron chi connectivity index (χ0n) is 14.4. The monoisotopic (exact) mass is 321 g/mol. The number of hydrogen-bond acceptors (Lipinski definition) is 4. The van der Waals surface area contributed by atoms with Gasteiger partial charge in [0.1, 0.15) is 5.75 Å². The van der Waals surface area contributed by atoms with Crippen molar-refractivity contribution >= 4 is 17.5 Å². The summed E-state index contributed by atoms with van der Waals surface area (Å²) in [5.41, 5.74) is 0.700. The summed E-state index contributed by atoms with van der Waals surface area (Å²) < 4.78 is 5.06. The van der Waals surface area contributed by atoms with Crippen LogP contribution in [0.1, 0.15) is 20.3 Å². The van der Waals surface area contributed by atoms with Gasteiger partial charge in [0.05, 0.1) is 20.2 Å². The molecule has 0 bridgehead atoms. The molecule has 0 aromatic heterocycles. The first kappa shape index (κ1) is 19.0. The van der Waals surface area contributed by atoms with E-state index < -0.39 is 0 Å². The van der Waals surface area contributed by atoms with Crippen molar-refractivity contribution in [3.63, 3.8) is 0 Å². The molecule has 2 N–H and O–H groups in total. The fourth-order valence-corrected chi connectivity index (χ4v) is 1.98. The van der Waals surface area contributed by atoms with Gasteiger partial charge in [0, 0.05) is 12.2 Å². The fourth-order valence-electron chi connectivity index (χ4n) is 1.98. The van der Waals surface area contributed by atoms with E-state index in [9.17, 15) is 9.59 Å². The molecule has 23 heavy (non-hydrogen) atoms. The molecule has 0 aliphatic heterocycles. The second kappa shape index (κ2) is 9.84. The Hall–Kier alpha value is -2.08. The van der Waals surface area contributed by atoms with Gasteiger partial charge in [0.15, 0.2) is 0 Å². The zero-order chi connectivity index (χ0) is 17.2. The van der Waals surface area contributed by atoms with Gasteiger partial charge in [-0.15, -0.1) is 0 Å². The maximum Gasteiger partial charge on any atom is 0.238 e. The van der Waals surface area contributed by atoms with Gasteiger partial charge in [-0.25, -0.2) is 0 Å². The molecule has 1 rings (SSSR count). The Balaban J connectivity index is 2.30. The van der Waals surface area contributed by atoms with Crippen molar-refractivity contribution in [1.29, 1.82) is 0 Å². The highest BCUT2D eigenvalue weighted by atomic mass is 16.5. The molecule has 0 heterocycles. The molecule has 1 aromatic rings. The SMILES string of the molecule is COc1ccc(NC(=O)CN(C)CC(=O)NCCC(C)C)cc1. The molecule has 128 valence electrons. The molecule has 0 aliphatic rings. The van der Waals surface area contributed by atoms with Crippen molar-refractivity contribution in [2.24, 2.45) is 5.92 Å². The number of rotatable bonds is 9. The lowest BCUT2D eigenvalue weighted by Crippen LogP contribution is -2.39. The largest absolute Gasteiger partial charge is 0.497 e. The molecule has 0 unspecified atom stereocenters. The van der Waals surface area contributed by atoms with Gasteiger partial charge in [-0.1, -0.05) is 13.8 Å². The number of nitrogens with zero attached hydrogens (tertiary/aromatic N) is 1. The fraction of sp³-hybridized carbons (Fsp3) is 0.529. The van der Waals surface area contributed by atoms with Crippen molar-refractivity contribution in [2.45, 2.75) is 20.3 Å². The Morgan fingerprint density at radius 3 is 2.30 bits per heavy atom. The highest BCUT2D eigenvalue weighted by Gasteiger charge is 2.11.